The van der Waals surface area contributed by atoms with E-state index >= 15 is 0 Å². The highest BCUT2D eigenvalue weighted by atomic mass is 32.2. The highest BCUT2D eigenvalue weighted by Crippen LogP contribution is 2.37. The Labute approximate surface area is 126 Å². The Morgan fingerprint density at radius 3 is 2.60 bits per heavy atom. The van der Waals surface area contributed by atoms with Crippen LogP contribution >= 0.6 is 11.3 Å². The Hall–Kier alpha value is -0.430. The topological polar surface area (TPSA) is 49.4 Å². The first kappa shape index (κ1) is 15.9. The van der Waals surface area contributed by atoms with E-state index in [0.717, 1.165) is 17.7 Å². The molecule has 2 rings (SSSR count). The number of hydrogen-bond acceptors (Lipinski definition) is 4. The molecule has 0 saturated heterocycles. The summed E-state index contributed by atoms with van der Waals surface area (Å²) >= 11 is 1.50. The van der Waals surface area contributed by atoms with Gasteiger partial charge in [0.25, 0.3) is 0 Å². The molecule has 6 heteroatoms. The maximum absolute atomic E-state index is 12.7. The Balaban J connectivity index is 2.18. The monoisotopic (exact) mass is 316 g/mol. The molecule has 0 amide bonds. The zero-order chi connectivity index (χ0) is 14.9. The molecular formula is C14H24N2O2S2. The van der Waals surface area contributed by atoms with Crippen LogP contribution in [0.1, 0.15) is 38.5 Å². The Morgan fingerprint density at radius 2 is 2.05 bits per heavy atom. The van der Waals surface area contributed by atoms with Gasteiger partial charge < -0.3 is 5.32 Å². The van der Waals surface area contributed by atoms with Crippen LogP contribution in [0.4, 0.5) is 0 Å². The van der Waals surface area contributed by atoms with Crippen LogP contribution in [-0.4, -0.2) is 31.9 Å². The van der Waals surface area contributed by atoms with Gasteiger partial charge >= 0.3 is 0 Å². The molecule has 1 fully saturated rings. The number of hydrogen-bond donors (Lipinski definition) is 1. The molecule has 1 N–H and O–H groups in total. The predicted octanol–water partition coefficient (Wildman–Crippen LogP) is 2.67. The summed E-state index contributed by atoms with van der Waals surface area (Å²) in [6.07, 6.45) is 2.29. The molecule has 1 aromatic rings. The lowest BCUT2D eigenvalue weighted by molar-refractivity contribution is 0.356. The largest absolute Gasteiger partial charge is 0.310 e. The minimum absolute atomic E-state index is 0.0887. The Kier molecular flexibility index (Phi) is 4.89. The molecule has 1 atom stereocenters. The second-order valence-electron chi connectivity index (χ2n) is 5.84. The van der Waals surface area contributed by atoms with E-state index in [1.54, 1.807) is 17.4 Å². The van der Waals surface area contributed by atoms with Crippen LogP contribution in [0.25, 0.3) is 0 Å². The molecule has 0 radical (unpaired) electrons. The van der Waals surface area contributed by atoms with Crippen LogP contribution in [0.15, 0.2) is 16.3 Å². The average molecular weight is 316 g/mol. The number of rotatable bonds is 7. The molecule has 1 aliphatic rings. The highest BCUT2D eigenvalue weighted by Gasteiger charge is 2.36. The van der Waals surface area contributed by atoms with Crippen LogP contribution in [0.2, 0.25) is 0 Å². The fraction of sp³-hybridized carbons (Fsp3) is 0.714. The molecule has 0 spiro atoms. The van der Waals surface area contributed by atoms with E-state index in [4.69, 9.17) is 0 Å². The van der Waals surface area contributed by atoms with Crippen molar-refractivity contribution in [3.8, 4) is 0 Å². The lowest BCUT2D eigenvalue weighted by atomic mass is 10.2. The number of nitrogens with zero attached hydrogens (tertiary/aromatic N) is 1. The maximum atomic E-state index is 12.7. The van der Waals surface area contributed by atoms with Crippen LogP contribution in [-0.2, 0) is 16.6 Å². The fourth-order valence-corrected chi connectivity index (χ4v) is 5.02. The van der Waals surface area contributed by atoms with Gasteiger partial charge in [-0.25, -0.2) is 8.42 Å². The summed E-state index contributed by atoms with van der Waals surface area (Å²) in [4.78, 5) is 1.36. The maximum Gasteiger partial charge on any atom is 0.244 e. The normalized spacial score (nSPS) is 17.9. The van der Waals surface area contributed by atoms with Crippen molar-refractivity contribution in [2.24, 2.45) is 5.92 Å². The van der Waals surface area contributed by atoms with Crippen molar-refractivity contribution in [3.63, 3.8) is 0 Å². The summed E-state index contributed by atoms with van der Waals surface area (Å²) in [5.41, 5.74) is 0. The zero-order valence-electron chi connectivity index (χ0n) is 12.6. The standard InChI is InChI=1S/C14H24N2O2S2/c1-10(2)15-9-13-14(7-8-19-13)20(17,18)16(4)11(3)12-5-6-12/h7-8,10-12,15H,5-6,9H2,1-4H3. The lowest BCUT2D eigenvalue weighted by Gasteiger charge is -2.24. The van der Waals surface area contributed by atoms with Crippen molar-refractivity contribution in [2.45, 2.75) is 57.1 Å². The number of nitrogens with one attached hydrogen (secondary N) is 1. The minimum Gasteiger partial charge on any atom is -0.310 e. The van der Waals surface area contributed by atoms with Gasteiger partial charge in [-0.3, -0.25) is 0 Å². The van der Waals surface area contributed by atoms with Gasteiger partial charge in [-0.15, -0.1) is 11.3 Å². The van der Waals surface area contributed by atoms with E-state index in [-0.39, 0.29) is 6.04 Å². The van der Waals surface area contributed by atoms with Crippen LogP contribution in [0.5, 0.6) is 0 Å². The molecule has 1 saturated carbocycles. The summed E-state index contributed by atoms with van der Waals surface area (Å²) in [5.74, 6) is 0.533. The molecule has 1 aromatic heterocycles. The molecule has 1 unspecified atom stereocenters. The van der Waals surface area contributed by atoms with Crippen LogP contribution in [0.3, 0.4) is 0 Å². The highest BCUT2D eigenvalue weighted by molar-refractivity contribution is 7.89. The third-order valence-electron chi connectivity index (χ3n) is 3.91. The van der Waals surface area contributed by atoms with E-state index in [1.807, 2.05) is 12.3 Å². The summed E-state index contributed by atoms with van der Waals surface area (Å²) < 4.78 is 27.0. The summed E-state index contributed by atoms with van der Waals surface area (Å²) in [6, 6.07) is 2.16. The van der Waals surface area contributed by atoms with Gasteiger partial charge in [-0.05, 0) is 37.1 Å². The van der Waals surface area contributed by atoms with E-state index in [2.05, 4.69) is 19.2 Å². The second-order valence-corrected chi connectivity index (χ2v) is 8.81. The van der Waals surface area contributed by atoms with Crippen molar-refractivity contribution in [1.82, 2.24) is 9.62 Å². The molecule has 0 bridgehead atoms. The van der Waals surface area contributed by atoms with Gasteiger partial charge in [0.15, 0.2) is 0 Å². The van der Waals surface area contributed by atoms with E-state index < -0.39 is 10.0 Å². The molecular weight excluding hydrogens is 292 g/mol. The van der Waals surface area contributed by atoms with Crippen molar-refractivity contribution >= 4 is 21.4 Å². The quantitative estimate of drug-likeness (QED) is 0.841. The van der Waals surface area contributed by atoms with Crippen molar-refractivity contribution in [2.75, 3.05) is 7.05 Å². The zero-order valence-corrected chi connectivity index (χ0v) is 14.2. The first-order valence-electron chi connectivity index (χ1n) is 7.11. The van der Waals surface area contributed by atoms with Gasteiger partial charge in [-0.1, -0.05) is 13.8 Å². The van der Waals surface area contributed by atoms with Crippen molar-refractivity contribution in [3.05, 3.63) is 16.3 Å². The molecule has 1 aliphatic carbocycles. The smallest absolute Gasteiger partial charge is 0.244 e. The molecule has 0 aliphatic heterocycles. The first-order valence-corrected chi connectivity index (χ1v) is 9.43. The average Bonchev–Trinajstić information content (AvgIpc) is 3.12. The molecule has 114 valence electrons. The van der Waals surface area contributed by atoms with E-state index in [1.165, 1.54) is 11.3 Å². The third-order valence-corrected chi connectivity index (χ3v) is 6.99. The van der Waals surface area contributed by atoms with Gasteiger partial charge in [0.1, 0.15) is 0 Å². The van der Waals surface area contributed by atoms with Crippen LogP contribution < -0.4 is 5.32 Å². The SMILES string of the molecule is CC(C)NCc1sccc1S(=O)(=O)N(C)C(C)C1CC1. The molecule has 1 heterocycles. The van der Waals surface area contributed by atoms with Crippen molar-refractivity contribution < 1.29 is 8.42 Å². The van der Waals surface area contributed by atoms with Gasteiger partial charge in [0.2, 0.25) is 10.0 Å². The summed E-state index contributed by atoms with van der Waals surface area (Å²) in [7, 11) is -1.67. The molecule has 4 nitrogen and oxygen atoms in total. The summed E-state index contributed by atoms with van der Waals surface area (Å²) in [6.45, 7) is 6.73. The van der Waals surface area contributed by atoms with Gasteiger partial charge in [0.05, 0.1) is 4.90 Å². The van der Waals surface area contributed by atoms with Crippen molar-refractivity contribution in [1.29, 1.82) is 0 Å². The van der Waals surface area contributed by atoms with E-state index in [0.29, 0.717) is 23.4 Å². The third kappa shape index (κ3) is 3.42. The second kappa shape index (κ2) is 6.13. The fourth-order valence-electron chi connectivity index (χ4n) is 2.23. The summed E-state index contributed by atoms with van der Waals surface area (Å²) in [5, 5.41) is 5.15. The molecule has 20 heavy (non-hydrogen) atoms. The minimum atomic E-state index is -3.37. The van der Waals surface area contributed by atoms with Gasteiger partial charge in [-0.2, -0.15) is 4.31 Å². The Bertz CT molecular complexity index is 547. The van der Waals surface area contributed by atoms with Crippen LogP contribution in [0, 0.1) is 5.92 Å². The Morgan fingerprint density at radius 1 is 1.40 bits per heavy atom. The lowest BCUT2D eigenvalue weighted by Crippen LogP contribution is -2.36. The molecule has 0 aromatic carbocycles. The number of sulfonamides is 1. The predicted molar refractivity (Wildman–Crippen MR) is 83.4 cm³/mol. The van der Waals surface area contributed by atoms with E-state index in [9.17, 15) is 8.42 Å². The number of thiophene rings is 1. The first-order chi connectivity index (χ1) is 9.34. The van der Waals surface area contributed by atoms with Gasteiger partial charge in [0, 0.05) is 30.6 Å².